The molecule has 0 aliphatic rings. The van der Waals surface area contributed by atoms with Gasteiger partial charge in [-0.15, -0.1) is 0 Å². The molecule has 9 heteroatoms. The molecule has 0 saturated carbocycles. The number of ether oxygens (including phenoxy) is 3. The second-order valence-electron chi connectivity index (χ2n) is 7.59. The van der Waals surface area contributed by atoms with Crippen LogP contribution >= 0.6 is 11.6 Å². The molecule has 0 bridgehead atoms. The molecule has 1 aromatic heterocycles. The van der Waals surface area contributed by atoms with E-state index in [9.17, 15) is 9.59 Å². The van der Waals surface area contributed by atoms with Crippen molar-refractivity contribution in [1.29, 1.82) is 0 Å². The normalized spacial score (nSPS) is 10.5. The summed E-state index contributed by atoms with van der Waals surface area (Å²) in [7, 11) is 1.57. The van der Waals surface area contributed by atoms with Crippen molar-refractivity contribution in [3.05, 3.63) is 89.6 Å². The second kappa shape index (κ2) is 11.4. The van der Waals surface area contributed by atoms with Crippen LogP contribution in [0.25, 0.3) is 16.9 Å². The van der Waals surface area contributed by atoms with Gasteiger partial charge in [-0.05, 0) is 55.5 Å². The van der Waals surface area contributed by atoms with Crippen molar-refractivity contribution in [3.63, 3.8) is 0 Å². The Morgan fingerprint density at radius 1 is 1.00 bits per heavy atom. The first-order valence-electron chi connectivity index (χ1n) is 11.2. The molecule has 0 atom stereocenters. The van der Waals surface area contributed by atoms with Crippen LogP contribution in [-0.4, -0.2) is 42.0 Å². The molecule has 1 heterocycles. The summed E-state index contributed by atoms with van der Waals surface area (Å²) in [4.78, 5) is 24.9. The predicted molar refractivity (Wildman–Crippen MR) is 137 cm³/mol. The first-order chi connectivity index (χ1) is 17.5. The van der Waals surface area contributed by atoms with Crippen LogP contribution in [0.3, 0.4) is 0 Å². The minimum atomic E-state index is -0.532. The number of anilines is 1. The zero-order valence-corrected chi connectivity index (χ0v) is 20.5. The van der Waals surface area contributed by atoms with Gasteiger partial charge in [-0.25, -0.2) is 9.48 Å². The van der Waals surface area contributed by atoms with Crippen molar-refractivity contribution < 1.29 is 23.8 Å². The second-order valence-corrected chi connectivity index (χ2v) is 8.03. The van der Waals surface area contributed by atoms with Crippen LogP contribution in [0.2, 0.25) is 5.02 Å². The summed E-state index contributed by atoms with van der Waals surface area (Å²) in [6, 6.07) is 23.0. The monoisotopic (exact) mass is 505 g/mol. The molecule has 0 aliphatic carbocycles. The Bertz CT molecular complexity index is 1390. The molecule has 184 valence electrons. The molecular weight excluding hydrogens is 482 g/mol. The smallest absolute Gasteiger partial charge is 0.358 e. The number of rotatable bonds is 9. The number of benzene rings is 3. The van der Waals surface area contributed by atoms with Gasteiger partial charge in [0.25, 0.3) is 5.91 Å². The molecule has 3 aromatic carbocycles. The lowest BCUT2D eigenvalue weighted by atomic mass is 10.1. The van der Waals surface area contributed by atoms with Crippen LogP contribution in [0.15, 0.2) is 78.9 Å². The van der Waals surface area contributed by atoms with Crippen LogP contribution in [0.4, 0.5) is 5.69 Å². The zero-order chi connectivity index (χ0) is 25.5. The summed E-state index contributed by atoms with van der Waals surface area (Å²) in [5.41, 5.74) is 2.70. The van der Waals surface area contributed by atoms with E-state index in [0.717, 1.165) is 5.56 Å². The quantitative estimate of drug-likeness (QED) is 0.306. The molecule has 1 N–H and O–H groups in total. The van der Waals surface area contributed by atoms with Gasteiger partial charge in [-0.1, -0.05) is 41.9 Å². The summed E-state index contributed by atoms with van der Waals surface area (Å²) in [5.74, 6) is 0.214. The van der Waals surface area contributed by atoms with Crippen LogP contribution in [0.1, 0.15) is 17.4 Å². The molecule has 4 aromatic rings. The summed E-state index contributed by atoms with van der Waals surface area (Å²) in [5, 5.41) is 7.84. The van der Waals surface area contributed by atoms with Crippen molar-refractivity contribution in [2.24, 2.45) is 0 Å². The molecule has 0 radical (unpaired) electrons. The number of carbonyl (C=O) groups is 2. The zero-order valence-electron chi connectivity index (χ0n) is 19.7. The summed E-state index contributed by atoms with van der Waals surface area (Å²) < 4.78 is 17.8. The number of hydrogen-bond acceptors (Lipinski definition) is 6. The van der Waals surface area contributed by atoms with Gasteiger partial charge < -0.3 is 19.5 Å². The first-order valence-corrected chi connectivity index (χ1v) is 11.6. The third kappa shape index (κ3) is 5.84. The Hall–Kier alpha value is -4.30. The van der Waals surface area contributed by atoms with E-state index in [1.807, 2.05) is 24.3 Å². The van der Waals surface area contributed by atoms with Crippen molar-refractivity contribution in [3.8, 4) is 28.4 Å². The third-order valence-electron chi connectivity index (χ3n) is 5.12. The molecular formula is C27H24ClN3O5. The maximum absolute atomic E-state index is 12.5. The van der Waals surface area contributed by atoms with Gasteiger partial charge in [-0.2, -0.15) is 5.10 Å². The molecule has 0 spiro atoms. The van der Waals surface area contributed by atoms with E-state index in [1.54, 1.807) is 73.3 Å². The summed E-state index contributed by atoms with van der Waals surface area (Å²) in [6.45, 7) is 1.78. The number of aromatic nitrogens is 2. The third-order valence-corrected chi connectivity index (χ3v) is 5.35. The van der Waals surface area contributed by atoms with Crippen molar-refractivity contribution >= 4 is 29.2 Å². The van der Waals surface area contributed by atoms with E-state index in [2.05, 4.69) is 10.4 Å². The van der Waals surface area contributed by atoms with E-state index in [1.165, 1.54) is 0 Å². The lowest BCUT2D eigenvalue weighted by Crippen LogP contribution is -2.20. The largest absolute Gasteiger partial charge is 0.494 e. The van der Waals surface area contributed by atoms with Crippen LogP contribution in [-0.2, 0) is 9.53 Å². The number of para-hydroxylation sites is 2. The van der Waals surface area contributed by atoms with E-state index in [-0.39, 0.29) is 24.8 Å². The lowest BCUT2D eigenvalue weighted by Gasteiger charge is -2.13. The Morgan fingerprint density at radius 3 is 2.58 bits per heavy atom. The highest BCUT2D eigenvalue weighted by atomic mass is 35.5. The van der Waals surface area contributed by atoms with Gasteiger partial charge in [0.2, 0.25) is 0 Å². The number of amides is 1. The topological polar surface area (TPSA) is 91.7 Å². The van der Waals surface area contributed by atoms with Crippen molar-refractivity contribution in [1.82, 2.24) is 9.78 Å². The molecule has 36 heavy (non-hydrogen) atoms. The minimum absolute atomic E-state index is 0.155. The average molecular weight is 506 g/mol. The van der Waals surface area contributed by atoms with Crippen molar-refractivity contribution in [2.75, 3.05) is 25.6 Å². The molecule has 0 aliphatic heterocycles. The minimum Gasteiger partial charge on any atom is -0.494 e. The fourth-order valence-corrected chi connectivity index (χ4v) is 3.72. The maximum Gasteiger partial charge on any atom is 0.358 e. The van der Waals surface area contributed by atoms with Gasteiger partial charge in [0.05, 0.1) is 19.4 Å². The fourth-order valence-electron chi connectivity index (χ4n) is 3.54. The lowest BCUT2D eigenvalue weighted by molar-refractivity contribution is -0.118. The highest BCUT2D eigenvalue weighted by molar-refractivity contribution is 6.30. The molecule has 0 fully saturated rings. The average Bonchev–Trinajstić information content (AvgIpc) is 3.33. The van der Waals surface area contributed by atoms with Crippen LogP contribution in [0, 0.1) is 0 Å². The van der Waals surface area contributed by atoms with E-state index in [4.69, 9.17) is 25.8 Å². The maximum atomic E-state index is 12.5. The van der Waals surface area contributed by atoms with Crippen molar-refractivity contribution in [2.45, 2.75) is 6.92 Å². The first kappa shape index (κ1) is 24.8. The van der Waals surface area contributed by atoms with Gasteiger partial charge in [0.15, 0.2) is 12.3 Å². The SMILES string of the molecule is CCOC(=O)c1cc(-c2cccc(NC(=O)COc3cccc(Cl)c3)c2)n(-c2ccccc2OC)n1. The number of hydrogen-bond donors (Lipinski definition) is 1. The number of methoxy groups -OCH3 is 1. The van der Waals surface area contributed by atoms with Gasteiger partial charge in [0.1, 0.15) is 17.2 Å². The van der Waals surface area contributed by atoms with Gasteiger partial charge >= 0.3 is 5.97 Å². The van der Waals surface area contributed by atoms with Gasteiger partial charge in [-0.3, -0.25) is 4.79 Å². The molecule has 1 amide bonds. The highest BCUT2D eigenvalue weighted by Crippen LogP contribution is 2.30. The van der Waals surface area contributed by atoms with Crippen LogP contribution < -0.4 is 14.8 Å². The molecule has 0 saturated heterocycles. The fraction of sp³-hybridized carbons (Fsp3) is 0.148. The number of carbonyl (C=O) groups excluding carboxylic acids is 2. The highest BCUT2D eigenvalue weighted by Gasteiger charge is 2.20. The Balaban J connectivity index is 1.61. The molecule has 4 rings (SSSR count). The Morgan fingerprint density at radius 2 is 1.81 bits per heavy atom. The number of nitrogens with zero attached hydrogens (tertiary/aromatic N) is 2. The molecule has 0 unspecified atom stereocenters. The van der Waals surface area contributed by atoms with Gasteiger partial charge in [0, 0.05) is 16.3 Å². The van der Waals surface area contributed by atoms with Crippen LogP contribution in [0.5, 0.6) is 11.5 Å². The number of esters is 1. The number of nitrogens with one attached hydrogen (secondary N) is 1. The Kier molecular flexibility index (Phi) is 7.87. The standard InChI is InChI=1S/C27H24ClN3O5/c1-3-35-27(33)22-16-24(31(30-22)23-12-4-5-13-25(23)34-2)18-8-6-10-20(14-18)29-26(32)17-36-21-11-7-9-19(28)15-21/h4-16H,3,17H2,1-2H3,(H,29,32). The number of halogens is 1. The summed E-state index contributed by atoms with van der Waals surface area (Å²) in [6.07, 6.45) is 0. The summed E-state index contributed by atoms with van der Waals surface area (Å²) >= 11 is 5.96. The van der Waals surface area contributed by atoms with E-state index >= 15 is 0 Å². The molecule has 8 nitrogen and oxygen atoms in total. The Labute approximate surface area is 213 Å². The van der Waals surface area contributed by atoms with E-state index < -0.39 is 5.97 Å². The predicted octanol–water partition coefficient (Wildman–Crippen LogP) is 5.40. The van der Waals surface area contributed by atoms with E-state index in [0.29, 0.717) is 33.6 Å².